The van der Waals surface area contributed by atoms with Crippen LogP contribution < -0.4 is 5.73 Å². The van der Waals surface area contributed by atoms with E-state index in [1.807, 2.05) is 0 Å². The average molecular weight is 221 g/mol. The molecule has 0 spiro atoms. The summed E-state index contributed by atoms with van der Waals surface area (Å²) in [6.45, 7) is 2.37. The Hall–Kier alpha value is 0.0249. The second-order valence-corrected chi connectivity index (χ2v) is 5.77. The highest BCUT2D eigenvalue weighted by atomic mass is 14.6. The molecule has 0 bridgehead atoms. The van der Waals surface area contributed by atoms with E-state index in [0.717, 1.165) is 5.92 Å². The highest BCUT2D eigenvalue weighted by Gasteiger charge is 2.09. The van der Waals surface area contributed by atoms with E-state index in [1.54, 1.807) is 0 Å². The van der Waals surface area contributed by atoms with E-state index in [-0.39, 0.29) is 0 Å². The summed E-state index contributed by atoms with van der Waals surface area (Å²) in [5.74, 6) is 1.28. The van der Waals surface area contributed by atoms with Gasteiger partial charge in [-0.3, -0.25) is 0 Å². The molecule has 0 heterocycles. The molecular formula is C14H28BN. The fraction of sp³-hybridized carbons (Fsp3) is 1.00. The average Bonchev–Trinajstić information content (AvgIpc) is 2.27. The molecule has 92 valence electrons. The molecule has 1 fully saturated rings. The third-order valence-electron chi connectivity index (χ3n) is 3.95. The molecule has 3 atom stereocenters. The first-order valence-corrected chi connectivity index (χ1v) is 7.19. The van der Waals surface area contributed by atoms with Gasteiger partial charge in [0, 0.05) is 6.04 Å². The minimum absolute atomic E-state index is 0.430. The fourth-order valence-electron chi connectivity index (χ4n) is 2.64. The van der Waals surface area contributed by atoms with Gasteiger partial charge in [-0.15, -0.1) is 0 Å². The Kier molecular flexibility index (Phi) is 7.19. The highest BCUT2D eigenvalue weighted by Crippen LogP contribution is 2.24. The Morgan fingerprint density at radius 1 is 0.812 bits per heavy atom. The van der Waals surface area contributed by atoms with Crippen LogP contribution in [-0.4, -0.2) is 13.9 Å². The maximum Gasteiger partial charge on any atom is 0.0699 e. The SMILES string of the molecule is [B]C1CCCCC(N)CCCCC(C)CC1. The quantitative estimate of drug-likeness (QED) is 0.618. The summed E-state index contributed by atoms with van der Waals surface area (Å²) < 4.78 is 0. The summed E-state index contributed by atoms with van der Waals surface area (Å²) >= 11 is 0. The van der Waals surface area contributed by atoms with Crippen molar-refractivity contribution in [3.63, 3.8) is 0 Å². The molecule has 1 rings (SSSR count). The van der Waals surface area contributed by atoms with Crippen LogP contribution in [0.15, 0.2) is 0 Å². The number of nitrogens with two attached hydrogens (primary N) is 1. The third kappa shape index (κ3) is 6.57. The molecule has 0 saturated heterocycles. The van der Waals surface area contributed by atoms with Crippen LogP contribution in [0.3, 0.4) is 0 Å². The molecule has 0 aliphatic heterocycles. The zero-order valence-corrected chi connectivity index (χ0v) is 11.0. The zero-order valence-electron chi connectivity index (χ0n) is 11.0. The Morgan fingerprint density at radius 2 is 1.38 bits per heavy atom. The first-order valence-electron chi connectivity index (χ1n) is 7.19. The van der Waals surface area contributed by atoms with Gasteiger partial charge < -0.3 is 5.73 Å². The van der Waals surface area contributed by atoms with Gasteiger partial charge in [-0.2, -0.15) is 0 Å². The monoisotopic (exact) mass is 221 g/mol. The second kappa shape index (κ2) is 8.17. The van der Waals surface area contributed by atoms with Crippen molar-refractivity contribution >= 4 is 7.85 Å². The number of rotatable bonds is 0. The van der Waals surface area contributed by atoms with Crippen LogP contribution >= 0.6 is 0 Å². The van der Waals surface area contributed by atoms with E-state index in [4.69, 9.17) is 13.6 Å². The second-order valence-electron chi connectivity index (χ2n) is 5.77. The van der Waals surface area contributed by atoms with Crippen LogP contribution in [0.4, 0.5) is 0 Å². The van der Waals surface area contributed by atoms with Crippen molar-refractivity contribution < 1.29 is 0 Å². The molecule has 1 aliphatic carbocycles. The first-order chi connectivity index (χ1) is 7.68. The van der Waals surface area contributed by atoms with Gasteiger partial charge >= 0.3 is 0 Å². The molecule has 3 unspecified atom stereocenters. The summed E-state index contributed by atoms with van der Waals surface area (Å²) in [7, 11) is 6.12. The van der Waals surface area contributed by atoms with Crippen molar-refractivity contribution in [1.29, 1.82) is 0 Å². The number of hydrogen-bond acceptors (Lipinski definition) is 1. The molecule has 0 aromatic heterocycles. The largest absolute Gasteiger partial charge is 0.328 e. The predicted octanol–water partition coefficient (Wildman–Crippen LogP) is 3.82. The molecule has 2 heteroatoms. The van der Waals surface area contributed by atoms with Crippen molar-refractivity contribution in [3.8, 4) is 0 Å². The van der Waals surface area contributed by atoms with Crippen LogP contribution in [0.25, 0.3) is 0 Å². The lowest BCUT2D eigenvalue weighted by molar-refractivity contribution is 0.434. The Labute approximate surface area is 103 Å². The highest BCUT2D eigenvalue weighted by molar-refractivity contribution is 6.11. The van der Waals surface area contributed by atoms with Crippen molar-refractivity contribution in [2.45, 2.75) is 83.0 Å². The van der Waals surface area contributed by atoms with Crippen LogP contribution in [0.5, 0.6) is 0 Å². The fourth-order valence-corrected chi connectivity index (χ4v) is 2.64. The van der Waals surface area contributed by atoms with Crippen molar-refractivity contribution in [1.82, 2.24) is 0 Å². The Morgan fingerprint density at radius 3 is 2.06 bits per heavy atom. The molecule has 1 aliphatic rings. The van der Waals surface area contributed by atoms with Gasteiger partial charge in [0.25, 0.3) is 0 Å². The molecule has 2 radical (unpaired) electrons. The van der Waals surface area contributed by atoms with Crippen LogP contribution in [0, 0.1) is 5.92 Å². The lowest BCUT2D eigenvalue weighted by atomic mass is 9.78. The van der Waals surface area contributed by atoms with Gasteiger partial charge in [0.1, 0.15) is 0 Å². The molecule has 2 N–H and O–H groups in total. The third-order valence-corrected chi connectivity index (χ3v) is 3.95. The van der Waals surface area contributed by atoms with E-state index < -0.39 is 0 Å². The van der Waals surface area contributed by atoms with Gasteiger partial charge in [0.2, 0.25) is 0 Å². The standard InChI is InChI=1S/C14H28BN/c1-12-6-2-4-8-14(16)9-5-3-7-13(15)11-10-12/h12-14H,2-11,16H2,1H3. The molecule has 0 amide bonds. The van der Waals surface area contributed by atoms with E-state index >= 15 is 0 Å². The lowest BCUT2D eigenvalue weighted by Gasteiger charge is -2.15. The topological polar surface area (TPSA) is 26.0 Å². The normalized spacial score (nSPS) is 35.8. The van der Waals surface area contributed by atoms with Crippen LogP contribution in [-0.2, 0) is 0 Å². The first kappa shape index (κ1) is 14.1. The minimum atomic E-state index is 0.430. The van der Waals surface area contributed by atoms with Gasteiger partial charge in [0.05, 0.1) is 7.85 Å². The maximum absolute atomic E-state index is 6.12. The van der Waals surface area contributed by atoms with Crippen LogP contribution in [0.1, 0.15) is 71.1 Å². The smallest absolute Gasteiger partial charge is 0.0699 e. The summed E-state index contributed by atoms with van der Waals surface area (Å²) in [5, 5.41) is 0. The minimum Gasteiger partial charge on any atom is -0.328 e. The lowest BCUT2D eigenvalue weighted by Crippen LogP contribution is -2.19. The van der Waals surface area contributed by atoms with Crippen LogP contribution in [0.2, 0.25) is 5.82 Å². The van der Waals surface area contributed by atoms with Crippen molar-refractivity contribution in [2.24, 2.45) is 11.7 Å². The van der Waals surface area contributed by atoms with E-state index in [0.29, 0.717) is 11.9 Å². The molecular weight excluding hydrogens is 193 g/mol. The molecule has 1 nitrogen and oxygen atoms in total. The van der Waals surface area contributed by atoms with Gasteiger partial charge in [-0.05, 0) is 18.8 Å². The predicted molar refractivity (Wildman–Crippen MR) is 72.8 cm³/mol. The Bertz CT molecular complexity index is 154. The molecule has 0 aromatic rings. The summed E-state index contributed by atoms with van der Waals surface area (Å²) in [6.07, 6.45) is 12.7. The number of hydrogen-bond donors (Lipinski definition) is 1. The van der Waals surface area contributed by atoms with Crippen molar-refractivity contribution in [2.75, 3.05) is 0 Å². The molecule has 1 saturated carbocycles. The van der Waals surface area contributed by atoms with E-state index in [9.17, 15) is 0 Å². The summed E-state index contributed by atoms with van der Waals surface area (Å²) in [5.41, 5.74) is 6.09. The summed E-state index contributed by atoms with van der Waals surface area (Å²) in [4.78, 5) is 0. The van der Waals surface area contributed by atoms with E-state index in [2.05, 4.69) is 6.92 Å². The van der Waals surface area contributed by atoms with Gasteiger partial charge in [-0.25, -0.2) is 0 Å². The summed E-state index contributed by atoms with van der Waals surface area (Å²) in [6, 6.07) is 0.437. The van der Waals surface area contributed by atoms with Gasteiger partial charge in [-0.1, -0.05) is 64.1 Å². The van der Waals surface area contributed by atoms with E-state index in [1.165, 1.54) is 64.2 Å². The Balaban J connectivity index is 2.30. The molecule has 0 aromatic carbocycles. The molecule has 16 heavy (non-hydrogen) atoms. The maximum atomic E-state index is 6.12. The van der Waals surface area contributed by atoms with Crippen molar-refractivity contribution in [3.05, 3.63) is 0 Å². The zero-order chi connectivity index (χ0) is 11.8. The van der Waals surface area contributed by atoms with Gasteiger partial charge in [0.15, 0.2) is 0 Å².